The number of anilines is 1. The lowest BCUT2D eigenvalue weighted by Gasteiger charge is -2.35. The van der Waals surface area contributed by atoms with Crippen molar-refractivity contribution >= 4 is 5.82 Å². The number of nitrogens with zero attached hydrogens (tertiary/aromatic N) is 3. The Morgan fingerprint density at radius 2 is 2.12 bits per heavy atom. The predicted molar refractivity (Wildman–Crippen MR) is 67.3 cm³/mol. The van der Waals surface area contributed by atoms with Crippen LogP contribution in [-0.4, -0.2) is 54.1 Å². The zero-order valence-corrected chi connectivity index (χ0v) is 10.1. The molecular formula is C11H19N5O. The molecule has 1 aliphatic rings. The number of aromatic amines is 1. The number of aromatic nitrogens is 2. The van der Waals surface area contributed by atoms with E-state index in [4.69, 9.17) is 5.73 Å². The van der Waals surface area contributed by atoms with E-state index in [-0.39, 0.29) is 5.56 Å². The maximum Gasteiger partial charge on any atom is 0.252 e. The molecule has 1 aliphatic heterocycles. The molecule has 0 aliphatic carbocycles. The summed E-state index contributed by atoms with van der Waals surface area (Å²) in [4.78, 5) is 22.9. The Bertz CT molecular complexity index is 422. The predicted octanol–water partition coefficient (Wildman–Crippen LogP) is -0.841. The number of piperazine rings is 1. The van der Waals surface area contributed by atoms with Gasteiger partial charge in [0.2, 0.25) is 0 Å². The van der Waals surface area contributed by atoms with E-state index in [1.807, 2.05) is 0 Å². The maximum absolute atomic E-state index is 11.4. The van der Waals surface area contributed by atoms with Crippen molar-refractivity contribution in [2.75, 3.05) is 44.2 Å². The summed E-state index contributed by atoms with van der Waals surface area (Å²) in [6, 6.07) is 1.56. The van der Waals surface area contributed by atoms with Gasteiger partial charge >= 0.3 is 0 Å². The van der Waals surface area contributed by atoms with Crippen LogP contribution in [0, 0.1) is 6.92 Å². The van der Waals surface area contributed by atoms with Crippen LogP contribution >= 0.6 is 0 Å². The minimum Gasteiger partial charge on any atom is -0.354 e. The number of hydrogen-bond acceptors (Lipinski definition) is 5. The highest BCUT2D eigenvalue weighted by Crippen LogP contribution is 2.11. The monoisotopic (exact) mass is 237 g/mol. The smallest absolute Gasteiger partial charge is 0.252 e. The Hall–Kier alpha value is -1.40. The van der Waals surface area contributed by atoms with E-state index >= 15 is 0 Å². The Morgan fingerprint density at radius 1 is 1.41 bits per heavy atom. The van der Waals surface area contributed by atoms with Crippen LogP contribution in [0.2, 0.25) is 0 Å². The van der Waals surface area contributed by atoms with Crippen LogP contribution < -0.4 is 16.2 Å². The molecule has 6 nitrogen and oxygen atoms in total. The van der Waals surface area contributed by atoms with Crippen LogP contribution in [0.4, 0.5) is 5.82 Å². The summed E-state index contributed by atoms with van der Waals surface area (Å²) in [5.41, 5.74) is 5.45. The summed E-state index contributed by atoms with van der Waals surface area (Å²) in [6.07, 6.45) is 0. The Balaban J connectivity index is 2.02. The van der Waals surface area contributed by atoms with Crippen molar-refractivity contribution in [1.29, 1.82) is 0 Å². The van der Waals surface area contributed by atoms with Gasteiger partial charge in [-0.3, -0.25) is 9.69 Å². The van der Waals surface area contributed by atoms with E-state index in [9.17, 15) is 4.79 Å². The largest absolute Gasteiger partial charge is 0.354 e. The molecule has 1 saturated heterocycles. The van der Waals surface area contributed by atoms with Gasteiger partial charge in [0.15, 0.2) is 0 Å². The highest BCUT2D eigenvalue weighted by Gasteiger charge is 2.17. The first-order valence-corrected chi connectivity index (χ1v) is 5.94. The highest BCUT2D eigenvalue weighted by molar-refractivity contribution is 5.37. The third-order valence-corrected chi connectivity index (χ3v) is 2.99. The zero-order chi connectivity index (χ0) is 12.3. The standard InChI is InChI=1S/C11H19N5O/c1-9-13-10(8-11(17)14-9)16-6-4-15(3-2-12)5-7-16/h8H,2-7,12H2,1H3,(H,13,14,17). The molecule has 0 unspecified atom stereocenters. The molecule has 1 aromatic heterocycles. The van der Waals surface area contributed by atoms with Crippen LogP contribution in [0.5, 0.6) is 0 Å². The lowest BCUT2D eigenvalue weighted by atomic mass is 10.3. The van der Waals surface area contributed by atoms with Gasteiger partial charge in [-0.15, -0.1) is 0 Å². The molecule has 0 atom stereocenters. The van der Waals surface area contributed by atoms with Crippen molar-refractivity contribution in [3.05, 3.63) is 22.2 Å². The lowest BCUT2D eigenvalue weighted by molar-refractivity contribution is 0.264. The molecule has 94 valence electrons. The van der Waals surface area contributed by atoms with Crippen LogP contribution in [0.25, 0.3) is 0 Å². The second kappa shape index (κ2) is 5.29. The minimum absolute atomic E-state index is 0.0862. The summed E-state index contributed by atoms with van der Waals surface area (Å²) in [5, 5.41) is 0. The molecule has 0 saturated carbocycles. The average Bonchev–Trinajstić information content (AvgIpc) is 2.29. The molecule has 1 aromatic rings. The second-order valence-electron chi connectivity index (χ2n) is 4.31. The Kier molecular flexibility index (Phi) is 3.75. The summed E-state index contributed by atoms with van der Waals surface area (Å²) < 4.78 is 0. The SMILES string of the molecule is Cc1nc(N2CCN(CCN)CC2)cc(=O)[nH]1. The average molecular weight is 237 g/mol. The van der Waals surface area contributed by atoms with Gasteiger partial charge in [0, 0.05) is 45.3 Å². The molecular weight excluding hydrogens is 218 g/mol. The number of nitrogens with two attached hydrogens (primary N) is 1. The van der Waals surface area contributed by atoms with Gasteiger partial charge in [-0.25, -0.2) is 4.98 Å². The first-order valence-electron chi connectivity index (χ1n) is 5.94. The topological polar surface area (TPSA) is 78.2 Å². The van der Waals surface area contributed by atoms with Gasteiger partial charge in [0.25, 0.3) is 5.56 Å². The van der Waals surface area contributed by atoms with Crippen molar-refractivity contribution in [3.8, 4) is 0 Å². The Labute approximate surface area is 100 Å². The first kappa shape index (κ1) is 12.1. The van der Waals surface area contributed by atoms with Gasteiger partial charge in [-0.1, -0.05) is 0 Å². The number of aryl methyl sites for hydroxylation is 1. The molecule has 0 bridgehead atoms. The molecule has 2 rings (SSSR count). The number of H-pyrrole nitrogens is 1. The van der Waals surface area contributed by atoms with Gasteiger partial charge in [0.05, 0.1) is 0 Å². The fraction of sp³-hybridized carbons (Fsp3) is 0.636. The summed E-state index contributed by atoms with van der Waals surface area (Å²) in [5.74, 6) is 1.44. The summed E-state index contributed by atoms with van der Waals surface area (Å²) in [6.45, 7) is 7.19. The molecule has 3 N–H and O–H groups in total. The fourth-order valence-corrected chi connectivity index (χ4v) is 2.11. The number of hydrogen-bond donors (Lipinski definition) is 2. The minimum atomic E-state index is -0.0862. The van der Waals surface area contributed by atoms with Crippen molar-refractivity contribution in [3.63, 3.8) is 0 Å². The number of nitrogens with one attached hydrogen (secondary N) is 1. The molecule has 0 radical (unpaired) electrons. The van der Waals surface area contributed by atoms with E-state index < -0.39 is 0 Å². The van der Waals surface area contributed by atoms with Gasteiger partial charge in [0.1, 0.15) is 11.6 Å². The maximum atomic E-state index is 11.4. The summed E-state index contributed by atoms with van der Waals surface area (Å²) >= 11 is 0. The highest BCUT2D eigenvalue weighted by atomic mass is 16.1. The van der Waals surface area contributed by atoms with Crippen LogP contribution in [-0.2, 0) is 0 Å². The van der Waals surface area contributed by atoms with Crippen molar-refractivity contribution in [2.24, 2.45) is 5.73 Å². The van der Waals surface area contributed by atoms with E-state index in [0.29, 0.717) is 12.4 Å². The fourth-order valence-electron chi connectivity index (χ4n) is 2.11. The molecule has 2 heterocycles. The zero-order valence-electron chi connectivity index (χ0n) is 10.1. The summed E-state index contributed by atoms with van der Waals surface area (Å²) in [7, 11) is 0. The van der Waals surface area contributed by atoms with Crippen LogP contribution in [0.3, 0.4) is 0 Å². The van der Waals surface area contributed by atoms with Crippen molar-refractivity contribution in [2.45, 2.75) is 6.92 Å². The molecule has 0 amide bonds. The van der Waals surface area contributed by atoms with E-state index in [1.165, 1.54) is 0 Å². The lowest BCUT2D eigenvalue weighted by Crippen LogP contribution is -2.48. The first-order chi connectivity index (χ1) is 8.19. The third kappa shape index (κ3) is 3.04. The van der Waals surface area contributed by atoms with E-state index in [1.54, 1.807) is 13.0 Å². The second-order valence-corrected chi connectivity index (χ2v) is 4.31. The Morgan fingerprint density at radius 3 is 2.71 bits per heavy atom. The number of rotatable bonds is 3. The molecule has 6 heteroatoms. The van der Waals surface area contributed by atoms with Crippen LogP contribution in [0.1, 0.15) is 5.82 Å². The molecule has 0 aromatic carbocycles. The third-order valence-electron chi connectivity index (χ3n) is 2.99. The van der Waals surface area contributed by atoms with E-state index in [0.717, 1.165) is 38.5 Å². The van der Waals surface area contributed by atoms with Gasteiger partial charge in [-0.05, 0) is 6.92 Å². The van der Waals surface area contributed by atoms with Gasteiger partial charge in [-0.2, -0.15) is 0 Å². The van der Waals surface area contributed by atoms with Crippen molar-refractivity contribution in [1.82, 2.24) is 14.9 Å². The van der Waals surface area contributed by atoms with Crippen molar-refractivity contribution < 1.29 is 0 Å². The quantitative estimate of drug-likeness (QED) is 0.716. The van der Waals surface area contributed by atoms with Crippen LogP contribution in [0.15, 0.2) is 10.9 Å². The van der Waals surface area contributed by atoms with E-state index in [2.05, 4.69) is 19.8 Å². The molecule has 1 fully saturated rings. The molecule has 17 heavy (non-hydrogen) atoms. The van der Waals surface area contributed by atoms with Gasteiger partial charge < -0.3 is 15.6 Å². The normalized spacial score (nSPS) is 17.4. The molecule has 0 spiro atoms.